The molecule has 9 heteroatoms. The quantitative estimate of drug-likeness (QED) is 0.589. The number of aromatic nitrogens is 2. The summed E-state index contributed by atoms with van der Waals surface area (Å²) in [6.45, 7) is 5.73. The molecule has 2 aliphatic heterocycles. The monoisotopic (exact) mass is 479 g/mol. The van der Waals surface area contributed by atoms with Crippen LogP contribution in [0.4, 0.5) is 5.82 Å². The van der Waals surface area contributed by atoms with Crippen LogP contribution in [0.15, 0.2) is 24.8 Å². The van der Waals surface area contributed by atoms with Crippen LogP contribution in [0.5, 0.6) is 11.5 Å². The third kappa shape index (κ3) is 4.13. The fourth-order valence-electron chi connectivity index (χ4n) is 5.66. The van der Waals surface area contributed by atoms with Gasteiger partial charge in [-0.1, -0.05) is 6.58 Å². The summed E-state index contributed by atoms with van der Waals surface area (Å²) in [5, 5.41) is 8.32. The number of nitrogens with zero attached hydrogens (tertiary/aromatic N) is 3. The van der Waals surface area contributed by atoms with Crippen LogP contribution in [0.1, 0.15) is 60.0 Å². The maximum atomic E-state index is 12.7. The molecular weight excluding hydrogens is 446 g/mol. The van der Waals surface area contributed by atoms with Gasteiger partial charge >= 0.3 is 0 Å². The smallest absolute Gasteiger partial charge is 0.254 e. The zero-order valence-electron chi connectivity index (χ0n) is 20.4. The number of hydrogen-bond donors (Lipinski definition) is 2. The van der Waals surface area contributed by atoms with Crippen molar-refractivity contribution in [2.45, 2.75) is 44.1 Å². The minimum atomic E-state index is -0.523. The molecule has 5 rings (SSSR count). The molecule has 2 fully saturated rings. The Hall–Kier alpha value is -3.49. The molecule has 2 aromatic rings. The average molecular weight is 480 g/mol. The number of hydrogen-bond acceptors (Lipinski definition) is 6. The van der Waals surface area contributed by atoms with Gasteiger partial charge in [0.15, 0.2) is 0 Å². The molecule has 0 radical (unpaired) electrons. The van der Waals surface area contributed by atoms with Crippen molar-refractivity contribution >= 4 is 17.6 Å². The van der Waals surface area contributed by atoms with Gasteiger partial charge in [-0.25, -0.2) is 4.68 Å². The van der Waals surface area contributed by atoms with Crippen LogP contribution >= 0.6 is 0 Å². The number of nitrogens with two attached hydrogens (primary N) is 1. The van der Waals surface area contributed by atoms with E-state index >= 15 is 0 Å². The predicted molar refractivity (Wildman–Crippen MR) is 133 cm³/mol. The van der Waals surface area contributed by atoms with E-state index in [0.717, 1.165) is 61.3 Å². The molecule has 1 aromatic heterocycles. The molecule has 1 unspecified atom stereocenters. The van der Waals surface area contributed by atoms with E-state index in [0.29, 0.717) is 42.0 Å². The molecular formula is C26H33N5O4. The molecule has 186 valence electrons. The highest BCUT2D eigenvalue weighted by Gasteiger charge is 2.37. The number of amides is 2. The van der Waals surface area contributed by atoms with Gasteiger partial charge in [0.25, 0.3) is 5.91 Å². The molecule has 35 heavy (non-hydrogen) atoms. The van der Waals surface area contributed by atoms with E-state index in [1.165, 1.54) is 6.08 Å². The molecule has 1 atom stereocenters. The van der Waals surface area contributed by atoms with Gasteiger partial charge in [0, 0.05) is 30.8 Å². The summed E-state index contributed by atoms with van der Waals surface area (Å²) >= 11 is 0. The first-order valence-corrected chi connectivity index (χ1v) is 12.3. The van der Waals surface area contributed by atoms with Crippen molar-refractivity contribution < 1.29 is 19.1 Å². The maximum Gasteiger partial charge on any atom is 0.254 e. The highest BCUT2D eigenvalue weighted by molar-refractivity contribution is 6.04. The third-order valence-electron chi connectivity index (χ3n) is 7.58. The lowest BCUT2D eigenvalue weighted by Gasteiger charge is -2.38. The Morgan fingerprint density at radius 3 is 2.31 bits per heavy atom. The first kappa shape index (κ1) is 23.3. The lowest BCUT2D eigenvalue weighted by atomic mass is 9.87. The number of ether oxygens (including phenoxy) is 2. The Kier molecular flexibility index (Phi) is 6.17. The summed E-state index contributed by atoms with van der Waals surface area (Å²) in [5.41, 5.74) is 8.62. The van der Waals surface area contributed by atoms with Gasteiger partial charge in [-0.2, -0.15) is 5.10 Å². The highest BCUT2D eigenvalue weighted by Crippen LogP contribution is 2.50. The van der Waals surface area contributed by atoms with Gasteiger partial charge in [-0.15, -0.1) is 0 Å². The summed E-state index contributed by atoms with van der Waals surface area (Å²) in [4.78, 5) is 26.5. The van der Waals surface area contributed by atoms with Crippen LogP contribution in [0.3, 0.4) is 0 Å². The number of anilines is 1. The number of benzene rings is 1. The first-order chi connectivity index (χ1) is 17.0. The van der Waals surface area contributed by atoms with Crippen LogP contribution in [-0.2, 0) is 4.79 Å². The van der Waals surface area contributed by atoms with E-state index in [9.17, 15) is 9.59 Å². The van der Waals surface area contributed by atoms with Crippen molar-refractivity contribution in [1.82, 2.24) is 14.7 Å². The molecule has 1 saturated carbocycles. The first-order valence-electron chi connectivity index (χ1n) is 12.3. The van der Waals surface area contributed by atoms with E-state index in [-0.39, 0.29) is 11.9 Å². The largest absolute Gasteiger partial charge is 0.496 e. The summed E-state index contributed by atoms with van der Waals surface area (Å²) < 4.78 is 13.4. The van der Waals surface area contributed by atoms with Gasteiger partial charge in [0.2, 0.25) is 5.91 Å². The van der Waals surface area contributed by atoms with Crippen molar-refractivity contribution in [2.75, 3.05) is 39.2 Å². The molecule has 0 bridgehead atoms. The van der Waals surface area contributed by atoms with Crippen LogP contribution < -0.4 is 20.5 Å². The van der Waals surface area contributed by atoms with E-state index in [1.807, 2.05) is 21.7 Å². The number of rotatable bonds is 7. The SMILES string of the molecule is C=CC(=O)N1CCC(C2CCNc3c(C(N)=O)c(-c4cc(OC)c(C5CC5)c(OC)c4)nn32)CC1. The molecule has 2 amide bonds. The van der Waals surface area contributed by atoms with Crippen molar-refractivity contribution in [3.63, 3.8) is 0 Å². The Labute approximate surface area is 205 Å². The number of likely N-dealkylation sites (tertiary alicyclic amines) is 1. The molecule has 1 aromatic carbocycles. The minimum absolute atomic E-state index is 0.0237. The molecule has 3 heterocycles. The van der Waals surface area contributed by atoms with Crippen LogP contribution in [0, 0.1) is 5.92 Å². The van der Waals surface area contributed by atoms with Gasteiger partial charge in [0.05, 0.1) is 20.3 Å². The van der Waals surface area contributed by atoms with E-state index in [4.69, 9.17) is 20.3 Å². The van der Waals surface area contributed by atoms with Crippen molar-refractivity contribution in [3.8, 4) is 22.8 Å². The van der Waals surface area contributed by atoms with E-state index in [1.54, 1.807) is 14.2 Å². The summed E-state index contributed by atoms with van der Waals surface area (Å²) in [6.07, 6.45) is 6.24. The Morgan fingerprint density at radius 1 is 1.11 bits per heavy atom. The van der Waals surface area contributed by atoms with Crippen LogP contribution in [0.25, 0.3) is 11.3 Å². The molecule has 3 aliphatic rings. The summed E-state index contributed by atoms with van der Waals surface area (Å²) in [6, 6.07) is 3.99. The maximum absolute atomic E-state index is 12.7. The highest BCUT2D eigenvalue weighted by atomic mass is 16.5. The number of primary amides is 1. The molecule has 0 spiro atoms. The summed E-state index contributed by atoms with van der Waals surface area (Å²) in [5.74, 6) is 2.38. The number of nitrogens with one attached hydrogen (secondary N) is 1. The summed E-state index contributed by atoms with van der Waals surface area (Å²) in [7, 11) is 3.30. The van der Waals surface area contributed by atoms with Crippen LogP contribution in [-0.4, -0.2) is 60.3 Å². The van der Waals surface area contributed by atoms with E-state index < -0.39 is 5.91 Å². The van der Waals surface area contributed by atoms with Gasteiger partial charge < -0.3 is 25.4 Å². The number of fused-ring (bicyclic) bond motifs is 1. The fraction of sp³-hybridized carbons (Fsp3) is 0.500. The normalized spacial score (nSPS) is 20.1. The topological polar surface area (TPSA) is 112 Å². The molecule has 1 saturated heterocycles. The molecule has 9 nitrogen and oxygen atoms in total. The second-order valence-electron chi connectivity index (χ2n) is 9.60. The van der Waals surface area contributed by atoms with Gasteiger partial charge in [0.1, 0.15) is 28.6 Å². The third-order valence-corrected chi connectivity index (χ3v) is 7.58. The van der Waals surface area contributed by atoms with Crippen molar-refractivity contribution in [3.05, 3.63) is 35.9 Å². The fourth-order valence-corrected chi connectivity index (χ4v) is 5.66. The van der Waals surface area contributed by atoms with Crippen LogP contribution in [0.2, 0.25) is 0 Å². The number of piperidine rings is 1. The zero-order valence-corrected chi connectivity index (χ0v) is 20.4. The average Bonchev–Trinajstić information content (AvgIpc) is 3.65. The van der Waals surface area contributed by atoms with Crippen molar-refractivity contribution in [1.29, 1.82) is 0 Å². The second-order valence-corrected chi connectivity index (χ2v) is 9.60. The molecule has 1 aliphatic carbocycles. The number of carbonyl (C=O) groups excluding carboxylic acids is 2. The Morgan fingerprint density at radius 2 is 1.77 bits per heavy atom. The zero-order chi connectivity index (χ0) is 24.7. The predicted octanol–water partition coefficient (Wildman–Crippen LogP) is 3.32. The molecule has 3 N–H and O–H groups in total. The van der Waals surface area contributed by atoms with Crippen molar-refractivity contribution in [2.24, 2.45) is 11.7 Å². The minimum Gasteiger partial charge on any atom is -0.496 e. The Balaban J connectivity index is 1.53. The standard InChI is InChI=1S/C26H33N5O4/c1-4-21(32)30-11-8-15(9-12-30)18-7-10-28-26-23(25(27)33)24(29-31(18)26)17-13-19(34-2)22(16-5-6-16)20(14-17)35-3/h4,13-16,18,28H,1,5-12H2,2-3H3,(H2,27,33). The number of methoxy groups -OCH3 is 2. The second kappa shape index (κ2) is 9.28. The lowest BCUT2D eigenvalue weighted by molar-refractivity contribution is -0.127. The van der Waals surface area contributed by atoms with Gasteiger partial charge in [-0.05, 0) is 62.1 Å². The number of carbonyl (C=O) groups is 2. The van der Waals surface area contributed by atoms with E-state index in [2.05, 4.69) is 11.9 Å². The van der Waals surface area contributed by atoms with Gasteiger partial charge in [-0.3, -0.25) is 9.59 Å². The lowest BCUT2D eigenvalue weighted by Crippen LogP contribution is -2.41. The Bertz CT molecular complexity index is 1140.